The van der Waals surface area contributed by atoms with E-state index in [0.717, 1.165) is 27.8 Å². The fraction of sp³-hybridized carbons (Fsp3) is 0.182. The van der Waals surface area contributed by atoms with Crippen molar-refractivity contribution in [2.45, 2.75) is 6.92 Å². The fourth-order valence-electron chi connectivity index (χ4n) is 3.12. The number of rotatable bonds is 6. The van der Waals surface area contributed by atoms with Gasteiger partial charge in [-0.05, 0) is 36.8 Å². The molecule has 5 heteroatoms. The van der Waals surface area contributed by atoms with Gasteiger partial charge in [0.05, 0.1) is 12.2 Å². The Hall–Kier alpha value is -3.36. The number of nitrogens with zero attached hydrogens (tertiary/aromatic N) is 2. The van der Waals surface area contributed by atoms with Crippen molar-refractivity contribution in [2.75, 3.05) is 25.1 Å². The van der Waals surface area contributed by atoms with Crippen molar-refractivity contribution < 1.29 is 9.90 Å². The van der Waals surface area contributed by atoms with E-state index >= 15 is 0 Å². The van der Waals surface area contributed by atoms with Crippen molar-refractivity contribution in [3.63, 3.8) is 0 Å². The lowest BCUT2D eigenvalue weighted by atomic mass is 9.99. The Kier molecular flexibility index (Phi) is 5.39. The van der Waals surface area contributed by atoms with Gasteiger partial charge in [0.2, 0.25) is 5.78 Å². The molecule has 0 saturated heterocycles. The van der Waals surface area contributed by atoms with Gasteiger partial charge in [-0.25, -0.2) is 0 Å². The third kappa shape index (κ3) is 3.76. The van der Waals surface area contributed by atoms with E-state index in [1.807, 2.05) is 73.5 Å². The van der Waals surface area contributed by atoms with E-state index in [9.17, 15) is 10.1 Å². The topological polar surface area (TPSA) is 80.1 Å². The average Bonchev–Trinajstić information content (AvgIpc) is 3.02. The van der Waals surface area contributed by atoms with Crippen molar-refractivity contribution in [1.29, 1.82) is 5.26 Å². The first kappa shape index (κ1) is 18.4. The number of fused-ring (bicyclic) bond motifs is 1. The Labute approximate surface area is 158 Å². The monoisotopic (exact) mass is 359 g/mol. The number of nitrogens with one attached hydrogen (secondary N) is 1. The molecule has 0 saturated carbocycles. The molecule has 3 aromatic rings. The summed E-state index contributed by atoms with van der Waals surface area (Å²) in [5.74, 6) is -0.283. The number of nitriles is 1. The standard InChI is InChI=1S/C22H21N3O2/c1-15-21(19-5-3-4-6-20(19)24-15)22(27)17(14-23)13-16-7-9-18(10-8-16)25(2)11-12-26/h3-10,13,24,26H,11-12H2,1-2H3/b17-13+. The summed E-state index contributed by atoms with van der Waals surface area (Å²) in [6, 6.07) is 17.1. The average molecular weight is 359 g/mol. The molecule has 0 radical (unpaired) electrons. The van der Waals surface area contributed by atoms with E-state index in [2.05, 4.69) is 4.98 Å². The molecule has 3 rings (SSSR count). The molecular formula is C22H21N3O2. The largest absolute Gasteiger partial charge is 0.395 e. The zero-order chi connectivity index (χ0) is 19.4. The number of benzene rings is 2. The molecule has 0 aliphatic rings. The van der Waals surface area contributed by atoms with Crippen LogP contribution in [0.15, 0.2) is 54.1 Å². The molecule has 2 aromatic carbocycles. The summed E-state index contributed by atoms with van der Waals surface area (Å²) in [5, 5.41) is 19.4. The molecule has 0 aliphatic heterocycles. The van der Waals surface area contributed by atoms with Crippen molar-refractivity contribution in [2.24, 2.45) is 0 Å². The van der Waals surface area contributed by atoms with Crippen LogP contribution in [0.5, 0.6) is 0 Å². The number of allylic oxidation sites excluding steroid dienone is 1. The zero-order valence-electron chi connectivity index (χ0n) is 15.4. The maximum atomic E-state index is 13.0. The second kappa shape index (κ2) is 7.90. The van der Waals surface area contributed by atoms with Gasteiger partial charge in [-0.2, -0.15) is 5.26 Å². The summed E-state index contributed by atoms with van der Waals surface area (Å²) in [6.07, 6.45) is 1.61. The minimum absolute atomic E-state index is 0.0786. The Morgan fingerprint density at radius 1 is 1.22 bits per heavy atom. The molecule has 2 N–H and O–H groups in total. The number of para-hydroxylation sites is 1. The molecule has 5 nitrogen and oxygen atoms in total. The van der Waals surface area contributed by atoms with Crippen LogP contribution >= 0.6 is 0 Å². The molecule has 1 heterocycles. The molecule has 0 unspecified atom stereocenters. The Balaban J connectivity index is 1.93. The van der Waals surface area contributed by atoms with Crippen LogP contribution in [0.4, 0.5) is 5.69 Å². The first-order valence-corrected chi connectivity index (χ1v) is 8.71. The van der Waals surface area contributed by atoms with Gasteiger partial charge < -0.3 is 15.0 Å². The number of hydrogen-bond donors (Lipinski definition) is 2. The number of anilines is 1. The van der Waals surface area contributed by atoms with Crippen molar-refractivity contribution >= 4 is 28.4 Å². The van der Waals surface area contributed by atoms with Crippen molar-refractivity contribution in [3.05, 3.63) is 70.9 Å². The van der Waals surface area contributed by atoms with Crippen LogP contribution in [0, 0.1) is 18.3 Å². The highest BCUT2D eigenvalue weighted by Gasteiger charge is 2.19. The van der Waals surface area contributed by atoms with Crippen LogP contribution < -0.4 is 4.90 Å². The zero-order valence-corrected chi connectivity index (χ0v) is 15.4. The maximum absolute atomic E-state index is 13.0. The quantitative estimate of drug-likeness (QED) is 0.400. The molecule has 0 bridgehead atoms. The summed E-state index contributed by atoms with van der Waals surface area (Å²) >= 11 is 0. The number of Topliss-reactive ketones (excluding diaryl/α,β-unsaturated/α-hetero) is 1. The molecule has 0 aliphatic carbocycles. The van der Waals surface area contributed by atoms with Gasteiger partial charge in [0, 0.05) is 35.9 Å². The third-order valence-corrected chi connectivity index (χ3v) is 4.57. The number of aromatic amines is 1. The number of likely N-dealkylation sites (N-methyl/N-ethyl adjacent to an activating group) is 1. The maximum Gasteiger partial charge on any atom is 0.205 e. The van der Waals surface area contributed by atoms with Gasteiger partial charge >= 0.3 is 0 Å². The van der Waals surface area contributed by atoms with Gasteiger partial charge in [0.1, 0.15) is 11.6 Å². The number of hydrogen-bond acceptors (Lipinski definition) is 4. The van der Waals surface area contributed by atoms with E-state index in [4.69, 9.17) is 5.11 Å². The van der Waals surface area contributed by atoms with Crippen molar-refractivity contribution in [1.82, 2.24) is 4.98 Å². The molecule has 0 spiro atoms. The first-order chi connectivity index (χ1) is 13.0. The Bertz CT molecular complexity index is 1040. The third-order valence-electron chi connectivity index (χ3n) is 4.57. The number of aliphatic hydroxyl groups is 1. The molecule has 0 fully saturated rings. The number of aryl methyl sites for hydroxylation is 1. The fourth-order valence-corrected chi connectivity index (χ4v) is 3.12. The lowest BCUT2D eigenvalue weighted by Gasteiger charge is -2.17. The minimum Gasteiger partial charge on any atom is -0.395 e. The Morgan fingerprint density at radius 3 is 2.59 bits per heavy atom. The number of ketones is 1. The summed E-state index contributed by atoms with van der Waals surface area (Å²) in [5.41, 5.74) is 4.00. The van der Waals surface area contributed by atoms with E-state index in [-0.39, 0.29) is 18.0 Å². The van der Waals surface area contributed by atoms with E-state index < -0.39 is 0 Å². The smallest absolute Gasteiger partial charge is 0.205 e. The second-order valence-electron chi connectivity index (χ2n) is 6.41. The van der Waals surface area contributed by atoms with E-state index in [0.29, 0.717) is 12.1 Å². The normalized spacial score (nSPS) is 11.4. The van der Waals surface area contributed by atoms with Gasteiger partial charge in [-0.1, -0.05) is 30.3 Å². The van der Waals surface area contributed by atoms with Gasteiger partial charge in [-0.3, -0.25) is 4.79 Å². The number of H-pyrrole nitrogens is 1. The highest BCUT2D eigenvalue weighted by Crippen LogP contribution is 2.25. The highest BCUT2D eigenvalue weighted by atomic mass is 16.3. The van der Waals surface area contributed by atoms with Crippen molar-refractivity contribution in [3.8, 4) is 6.07 Å². The first-order valence-electron chi connectivity index (χ1n) is 8.71. The lowest BCUT2D eigenvalue weighted by molar-refractivity contribution is 0.104. The minimum atomic E-state index is -0.283. The Morgan fingerprint density at radius 2 is 1.93 bits per heavy atom. The molecule has 0 atom stereocenters. The SMILES string of the molecule is Cc1[nH]c2ccccc2c1C(=O)/C(C#N)=C/c1ccc(N(C)CCO)cc1. The van der Waals surface area contributed by atoms with Crippen LogP contribution in [0.2, 0.25) is 0 Å². The summed E-state index contributed by atoms with van der Waals surface area (Å²) < 4.78 is 0. The second-order valence-corrected chi connectivity index (χ2v) is 6.41. The predicted octanol–water partition coefficient (Wildman–Crippen LogP) is 3.69. The number of aromatic nitrogens is 1. The summed E-state index contributed by atoms with van der Waals surface area (Å²) in [7, 11) is 1.89. The number of carbonyl (C=O) groups is 1. The van der Waals surface area contributed by atoms with Crippen LogP contribution in [-0.2, 0) is 0 Å². The predicted molar refractivity (Wildman–Crippen MR) is 108 cm³/mol. The molecule has 0 amide bonds. The number of carbonyl (C=O) groups excluding carboxylic acids is 1. The molecule has 136 valence electrons. The van der Waals surface area contributed by atoms with Crippen LogP contribution in [-0.4, -0.2) is 36.1 Å². The summed E-state index contributed by atoms with van der Waals surface area (Å²) in [6.45, 7) is 2.46. The highest BCUT2D eigenvalue weighted by molar-refractivity contribution is 6.20. The van der Waals surface area contributed by atoms with Gasteiger partial charge in [-0.15, -0.1) is 0 Å². The van der Waals surface area contributed by atoms with Gasteiger partial charge in [0.25, 0.3) is 0 Å². The molecule has 1 aromatic heterocycles. The molecule has 27 heavy (non-hydrogen) atoms. The van der Waals surface area contributed by atoms with Crippen LogP contribution in [0.3, 0.4) is 0 Å². The van der Waals surface area contributed by atoms with Gasteiger partial charge in [0.15, 0.2) is 0 Å². The van der Waals surface area contributed by atoms with E-state index in [1.54, 1.807) is 6.08 Å². The number of aliphatic hydroxyl groups excluding tert-OH is 1. The van der Waals surface area contributed by atoms with Crippen LogP contribution in [0.25, 0.3) is 17.0 Å². The lowest BCUT2D eigenvalue weighted by Crippen LogP contribution is -2.20. The van der Waals surface area contributed by atoms with E-state index in [1.165, 1.54) is 0 Å². The summed E-state index contributed by atoms with van der Waals surface area (Å²) in [4.78, 5) is 18.1. The van der Waals surface area contributed by atoms with Crippen LogP contribution in [0.1, 0.15) is 21.6 Å². The molecular weight excluding hydrogens is 338 g/mol.